The van der Waals surface area contributed by atoms with Crippen LogP contribution in [0, 0.1) is 5.92 Å². The number of esters is 1. The van der Waals surface area contributed by atoms with E-state index < -0.39 is 11.9 Å². The van der Waals surface area contributed by atoms with Crippen LogP contribution in [-0.2, 0) is 14.3 Å². The van der Waals surface area contributed by atoms with Crippen LogP contribution in [0.2, 0.25) is 0 Å². The van der Waals surface area contributed by atoms with Crippen molar-refractivity contribution < 1.29 is 14.3 Å². The molecule has 0 aliphatic carbocycles. The second kappa shape index (κ2) is 6.00. The molecule has 0 heterocycles. The number of rotatable bonds is 5. The third-order valence-electron chi connectivity index (χ3n) is 1.46. The van der Waals surface area contributed by atoms with Crippen LogP contribution in [0.3, 0.4) is 0 Å². The summed E-state index contributed by atoms with van der Waals surface area (Å²) in [5.74, 6) is -1.04. The van der Waals surface area contributed by atoms with Gasteiger partial charge in [0.1, 0.15) is 11.7 Å². The van der Waals surface area contributed by atoms with Crippen LogP contribution in [0.25, 0.3) is 0 Å². The van der Waals surface area contributed by atoms with E-state index in [0.717, 1.165) is 0 Å². The van der Waals surface area contributed by atoms with Gasteiger partial charge in [0.25, 0.3) is 0 Å². The first-order chi connectivity index (χ1) is 5.63. The van der Waals surface area contributed by atoms with Crippen molar-refractivity contribution in [2.45, 2.75) is 20.3 Å². The van der Waals surface area contributed by atoms with Crippen molar-refractivity contribution in [1.82, 2.24) is 0 Å². The molecule has 4 heteroatoms. The maximum Gasteiger partial charge on any atom is 0.316 e. The van der Waals surface area contributed by atoms with Gasteiger partial charge >= 0.3 is 5.97 Å². The van der Waals surface area contributed by atoms with Crippen molar-refractivity contribution in [3.63, 3.8) is 0 Å². The zero-order valence-electron chi connectivity index (χ0n) is 7.30. The Hall–Kier alpha value is -0.570. The Morgan fingerprint density at radius 2 is 2.08 bits per heavy atom. The van der Waals surface area contributed by atoms with Crippen molar-refractivity contribution in [2.75, 3.05) is 12.5 Å². The Kier molecular flexibility index (Phi) is 5.72. The number of hydrogen-bond donors (Lipinski definition) is 0. The van der Waals surface area contributed by atoms with E-state index in [1.807, 2.05) is 0 Å². The summed E-state index contributed by atoms with van der Waals surface area (Å²) in [5, 5.41) is 0. The standard InChI is InChI=1S/C8H13ClO3/c1-3-12-8(11)7(4-5-9)6(2)10/h7H,3-5H2,1-2H3. The molecule has 0 saturated heterocycles. The van der Waals surface area contributed by atoms with Crippen molar-refractivity contribution in [3.8, 4) is 0 Å². The predicted octanol–water partition coefficient (Wildman–Crippen LogP) is 1.38. The molecule has 0 aliphatic rings. The molecule has 0 spiro atoms. The first kappa shape index (κ1) is 11.4. The summed E-state index contributed by atoms with van der Waals surface area (Å²) in [4.78, 5) is 22.0. The summed E-state index contributed by atoms with van der Waals surface area (Å²) in [6, 6.07) is 0. The van der Waals surface area contributed by atoms with E-state index >= 15 is 0 Å². The summed E-state index contributed by atoms with van der Waals surface area (Å²) in [7, 11) is 0. The van der Waals surface area contributed by atoms with E-state index in [1.54, 1.807) is 6.92 Å². The lowest BCUT2D eigenvalue weighted by Gasteiger charge is -2.09. The summed E-state index contributed by atoms with van der Waals surface area (Å²) in [5.41, 5.74) is 0. The highest BCUT2D eigenvalue weighted by atomic mass is 35.5. The quantitative estimate of drug-likeness (QED) is 0.376. The van der Waals surface area contributed by atoms with Gasteiger partial charge in [-0.2, -0.15) is 0 Å². The van der Waals surface area contributed by atoms with Crippen molar-refractivity contribution >= 4 is 23.4 Å². The average Bonchev–Trinajstić information content (AvgIpc) is 1.99. The molecular weight excluding hydrogens is 180 g/mol. The molecule has 0 rings (SSSR count). The lowest BCUT2D eigenvalue weighted by Crippen LogP contribution is -2.24. The largest absolute Gasteiger partial charge is 0.465 e. The number of hydrogen-bond acceptors (Lipinski definition) is 3. The number of ether oxygens (including phenoxy) is 1. The van der Waals surface area contributed by atoms with Crippen LogP contribution >= 0.6 is 11.6 Å². The molecule has 0 aliphatic heterocycles. The molecule has 70 valence electrons. The molecule has 0 aromatic carbocycles. The summed E-state index contributed by atoms with van der Waals surface area (Å²) in [6.45, 7) is 3.37. The van der Waals surface area contributed by atoms with E-state index in [2.05, 4.69) is 0 Å². The number of carbonyl (C=O) groups excluding carboxylic acids is 2. The maximum atomic E-state index is 11.1. The smallest absolute Gasteiger partial charge is 0.316 e. The zero-order chi connectivity index (χ0) is 9.56. The molecule has 1 unspecified atom stereocenters. The Bertz CT molecular complexity index is 168. The molecule has 3 nitrogen and oxygen atoms in total. The van der Waals surface area contributed by atoms with E-state index in [9.17, 15) is 9.59 Å². The van der Waals surface area contributed by atoms with Gasteiger partial charge in [-0.25, -0.2) is 0 Å². The van der Waals surface area contributed by atoms with Gasteiger partial charge < -0.3 is 4.74 Å². The number of halogens is 1. The topological polar surface area (TPSA) is 43.4 Å². The molecule has 0 N–H and O–H groups in total. The lowest BCUT2D eigenvalue weighted by molar-refractivity contribution is -0.151. The van der Waals surface area contributed by atoms with Gasteiger partial charge in [-0.3, -0.25) is 9.59 Å². The summed E-state index contributed by atoms with van der Waals surface area (Å²) >= 11 is 5.42. The Morgan fingerprint density at radius 3 is 2.42 bits per heavy atom. The second-order valence-electron chi connectivity index (χ2n) is 2.39. The fourth-order valence-electron chi connectivity index (χ4n) is 0.839. The fourth-order valence-corrected chi connectivity index (χ4v) is 1.06. The molecule has 1 atom stereocenters. The highest BCUT2D eigenvalue weighted by Crippen LogP contribution is 2.08. The molecule has 0 bridgehead atoms. The number of Topliss-reactive ketones (excluding diaryl/α,β-unsaturated/α-hetero) is 1. The monoisotopic (exact) mass is 192 g/mol. The number of alkyl halides is 1. The summed E-state index contributed by atoms with van der Waals surface area (Å²) in [6.07, 6.45) is 0.357. The minimum atomic E-state index is -0.678. The molecular formula is C8H13ClO3. The second-order valence-corrected chi connectivity index (χ2v) is 2.77. The molecule has 0 aromatic rings. The number of carbonyl (C=O) groups is 2. The van der Waals surface area contributed by atoms with E-state index in [1.165, 1.54) is 6.92 Å². The molecule has 0 aromatic heterocycles. The Balaban J connectivity index is 4.09. The molecule has 0 saturated carbocycles. The van der Waals surface area contributed by atoms with E-state index in [4.69, 9.17) is 16.3 Å². The first-order valence-electron chi connectivity index (χ1n) is 3.86. The Morgan fingerprint density at radius 1 is 1.50 bits per heavy atom. The SMILES string of the molecule is CCOC(=O)C(CCCl)C(C)=O. The minimum absolute atomic E-state index is 0.186. The molecule has 12 heavy (non-hydrogen) atoms. The third kappa shape index (κ3) is 3.72. The lowest BCUT2D eigenvalue weighted by atomic mass is 10.0. The maximum absolute atomic E-state index is 11.1. The average molecular weight is 193 g/mol. The zero-order valence-corrected chi connectivity index (χ0v) is 8.06. The van der Waals surface area contributed by atoms with Crippen LogP contribution < -0.4 is 0 Å². The van der Waals surface area contributed by atoms with Crippen LogP contribution in [0.15, 0.2) is 0 Å². The van der Waals surface area contributed by atoms with Gasteiger partial charge in [-0.1, -0.05) is 0 Å². The predicted molar refractivity (Wildman–Crippen MR) is 46.1 cm³/mol. The number of ketones is 1. The van der Waals surface area contributed by atoms with Gasteiger partial charge in [-0.05, 0) is 20.3 Å². The van der Waals surface area contributed by atoms with Crippen LogP contribution in [0.4, 0.5) is 0 Å². The Labute approximate surface area is 77.0 Å². The van der Waals surface area contributed by atoms with Gasteiger partial charge in [0.05, 0.1) is 6.61 Å². The molecule has 0 radical (unpaired) electrons. The molecule has 0 fully saturated rings. The van der Waals surface area contributed by atoms with Gasteiger partial charge in [-0.15, -0.1) is 11.6 Å². The van der Waals surface area contributed by atoms with Gasteiger partial charge in [0.2, 0.25) is 0 Å². The highest BCUT2D eigenvalue weighted by Gasteiger charge is 2.23. The van der Waals surface area contributed by atoms with E-state index in [-0.39, 0.29) is 5.78 Å². The minimum Gasteiger partial charge on any atom is -0.465 e. The van der Waals surface area contributed by atoms with Gasteiger partial charge in [0.15, 0.2) is 0 Å². The van der Waals surface area contributed by atoms with E-state index in [0.29, 0.717) is 18.9 Å². The highest BCUT2D eigenvalue weighted by molar-refractivity contribution is 6.18. The van der Waals surface area contributed by atoms with Crippen LogP contribution in [-0.4, -0.2) is 24.2 Å². The normalized spacial score (nSPS) is 12.2. The van der Waals surface area contributed by atoms with Gasteiger partial charge in [0, 0.05) is 5.88 Å². The van der Waals surface area contributed by atoms with Crippen LogP contribution in [0.5, 0.6) is 0 Å². The molecule has 0 amide bonds. The van der Waals surface area contributed by atoms with Crippen LogP contribution in [0.1, 0.15) is 20.3 Å². The van der Waals surface area contributed by atoms with Crippen molar-refractivity contribution in [1.29, 1.82) is 0 Å². The van der Waals surface area contributed by atoms with Crippen molar-refractivity contribution in [2.24, 2.45) is 5.92 Å². The summed E-state index contributed by atoms with van der Waals surface area (Å²) < 4.78 is 4.70. The third-order valence-corrected chi connectivity index (χ3v) is 1.68. The van der Waals surface area contributed by atoms with Crippen molar-refractivity contribution in [3.05, 3.63) is 0 Å². The fraction of sp³-hybridized carbons (Fsp3) is 0.750. The first-order valence-corrected chi connectivity index (χ1v) is 4.40.